The van der Waals surface area contributed by atoms with Crippen molar-refractivity contribution in [2.75, 3.05) is 14.2 Å². The zero-order valence-electron chi connectivity index (χ0n) is 57.6. The zero-order chi connectivity index (χ0) is 61.6. The largest absolute Gasteiger partial charge is 0.493 e. The Morgan fingerprint density at radius 3 is 0.733 bits per heavy atom. The molecule has 2 N–H and O–H groups in total. The Morgan fingerprint density at radius 2 is 0.488 bits per heavy atom. The van der Waals surface area contributed by atoms with Gasteiger partial charge in [-0.15, -0.1) is 23.7 Å². The van der Waals surface area contributed by atoms with E-state index in [1.165, 1.54) is 309 Å². The molecule has 0 atom stereocenters. The maximum atomic E-state index is 12.5. The maximum absolute atomic E-state index is 12.5. The monoisotopic (exact) mass is 1230 g/mol. The van der Waals surface area contributed by atoms with Gasteiger partial charge in [-0.2, -0.15) is 0 Å². The fraction of sp³-hybridized carbons (Fsp3) is 0.753. The van der Waals surface area contributed by atoms with E-state index < -0.39 is 0 Å². The molecule has 0 aliphatic carbocycles. The van der Waals surface area contributed by atoms with Crippen molar-refractivity contribution in [1.29, 1.82) is 0 Å². The fourth-order valence-corrected chi connectivity index (χ4v) is 12.6. The summed E-state index contributed by atoms with van der Waals surface area (Å²) in [6, 6.07) is 17.7. The number of aliphatic hydroxyl groups is 2. The average Bonchev–Trinajstić information content (AvgIpc) is 1.90. The number of rotatable bonds is 55. The van der Waals surface area contributed by atoms with Crippen LogP contribution in [0.3, 0.4) is 0 Å². The topological polar surface area (TPSA) is 65.8 Å². The van der Waals surface area contributed by atoms with E-state index in [0.717, 1.165) is 103 Å². The summed E-state index contributed by atoms with van der Waals surface area (Å²) in [5.74, 6) is 14.2. The smallest absolute Gasteiger partial charge is 0.211 e. The molecule has 494 valence electrons. The second kappa shape index (κ2) is 65.0. The zero-order valence-corrected chi connectivity index (χ0v) is 58.6. The van der Waals surface area contributed by atoms with Crippen LogP contribution < -0.4 is 0 Å². The minimum atomic E-state index is 0. The Hall–Kier alpha value is -2.95. The third-order valence-corrected chi connectivity index (χ3v) is 17.8. The number of aliphatic hydroxyl groups excluding tert-OH is 2. The Balaban J connectivity index is 0.0000141. The van der Waals surface area contributed by atoms with Gasteiger partial charge in [0.05, 0.1) is 0 Å². The average molecular weight is 1230 g/mol. The van der Waals surface area contributed by atoms with E-state index in [2.05, 4.69) is 99.9 Å². The third kappa shape index (κ3) is 42.9. The summed E-state index contributed by atoms with van der Waals surface area (Å²) < 4.78 is 1.60. The van der Waals surface area contributed by atoms with Gasteiger partial charge in [0, 0.05) is 78.7 Å². The fourth-order valence-electron chi connectivity index (χ4n) is 12.6. The predicted molar refractivity (Wildman–Crippen MR) is 377 cm³/mol. The van der Waals surface area contributed by atoms with Gasteiger partial charge in [-0.1, -0.05) is 340 Å². The molecule has 5 heteroatoms. The van der Waals surface area contributed by atoms with Crippen molar-refractivity contribution in [3.8, 4) is 23.7 Å². The van der Waals surface area contributed by atoms with Crippen LogP contribution in [0.25, 0.3) is 16.9 Å². The Labute approximate surface area is 545 Å². The third-order valence-electron chi connectivity index (χ3n) is 17.8. The van der Waals surface area contributed by atoms with Gasteiger partial charge < -0.3 is 15.7 Å². The first-order valence-electron chi connectivity index (χ1n) is 37.1. The van der Waals surface area contributed by atoms with Crippen molar-refractivity contribution in [3.05, 3.63) is 87.5 Å². The first-order chi connectivity index (χ1) is 42.2. The van der Waals surface area contributed by atoms with E-state index >= 15 is 0 Å². The molecule has 2 aromatic rings. The van der Waals surface area contributed by atoms with E-state index in [4.69, 9.17) is 10.2 Å². The van der Waals surface area contributed by atoms with Crippen LogP contribution in [0.15, 0.2) is 59.7 Å². The molecule has 0 unspecified atom stereocenters. The summed E-state index contributed by atoms with van der Waals surface area (Å²) >= 11 is 0. The molecule has 1 aliphatic heterocycles. The van der Waals surface area contributed by atoms with Crippen molar-refractivity contribution in [2.45, 2.75) is 381 Å². The molecule has 0 amide bonds. The van der Waals surface area contributed by atoms with Gasteiger partial charge in [0.2, 0.25) is 11.4 Å². The summed E-state index contributed by atoms with van der Waals surface area (Å²) in [6.07, 6.45) is 73.1. The molecule has 0 spiro atoms. The Bertz CT molecular complexity index is 2030. The molecule has 0 radical (unpaired) electrons. The van der Waals surface area contributed by atoms with Crippen LogP contribution in [0.5, 0.6) is 0 Å². The van der Waals surface area contributed by atoms with Crippen molar-refractivity contribution >= 4 is 11.4 Å². The predicted octanol–water partition coefficient (Wildman–Crippen LogP) is 25.9. The van der Waals surface area contributed by atoms with Gasteiger partial charge in [-0.05, 0) is 74.6 Å². The molecule has 0 saturated heterocycles. The van der Waals surface area contributed by atoms with Crippen molar-refractivity contribution in [3.63, 3.8) is 0 Å². The summed E-state index contributed by atoms with van der Waals surface area (Å²) in [6.45, 7) is 9.19. The Kier molecular flexibility index (Phi) is 62.8. The van der Waals surface area contributed by atoms with Crippen LogP contribution >= 0.6 is 0 Å². The van der Waals surface area contributed by atoms with E-state index in [9.17, 15) is 5.53 Å². The quantitative estimate of drug-likeness (QED) is 0.0300. The van der Waals surface area contributed by atoms with Gasteiger partial charge in [0.1, 0.15) is 0 Å². The summed E-state index contributed by atoms with van der Waals surface area (Å²) in [5.41, 5.74) is 22.1. The minimum absolute atomic E-state index is 0. The normalized spacial score (nSPS) is 11.8. The van der Waals surface area contributed by atoms with Crippen molar-refractivity contribution in [2.24, 2.45) is 0 Å². The van der Waals surface area contributed by atoms with Crippen LogP contribution in [0, 0.1) is 23.7 Å². The molecule has 1 aliphatic rings. The SMILES string of the molecule is CCCCCCCCCCCCCCCCCCCCCCCC#CCCc1ccccc1C1=C(CCCC)C(CCCC)=C(c2ccccc2CCC#CCCCCCCCCCCCCCCCCCCCCCCCC)[N+]1=[N-].CO.CO.[Ni]. The number of aryl methyl sites for hydroxylation is 2. The van der Waals surface area contributed by atoms with Gasteiger partial charge in [0.15, 0.2) is 0 Å². The minimum Gasteiger partial charge on any atom is -0.493 e. The second-order valence-corrected chi connectivity index (χ2v) is 25.2. The van der Waals surface area contributed by atoms with Crippen molar-refractivity contribution < 1.29 is 31.4 Å². The number of hydrogen-bond acceptors (Lipinski definition) is 2. The van der Waals surface area contributed by atoms with Gasteiger partial charge in [-0.25, -0.2) is 4.70 Å². The molecular weight excluding hydrogens is 1090 g/mol. The van der Waals surface area contributed by atoms with Crippen LogP contribution in [0.1, 0.15) is 390 Å². The van der Waals surface area contributed by atoms with Crippen LogP contribution in [0.4, 0.5) is 0 Å². The number of unbranched alkanes of at least 4 members (excludes halogenated alkanes) is 45. The molecule has 0 bridgehead atoms. The molecule has 3 rings (SSSR count). The first-order valence-corrected chi connectivity index (χ1v) is 37.1. The van der Waals surface area contributed by atoms with Crippen molar-refractivity contribution in [1.82, 2.24) is 0 Å². The molecule has 1 heterocycles. The van der Waals surface area contributed by atoms with E-state index in [0.29, 0.717) is 0 Å². The second-order valence-electron chi connectivity index (χ2n) is 25.2. The van der Waals surface area contributed by atoms with Crippen LogP contribution in [-0.2, 0) is 29.3 Å². The number of nitrogens with zero attached hydrogens (tertiary/aromatic N) is 2. The molecule has 0 saturated carbocycles. The maximum Gasteiger partial charge on any atom is 0.211 e. The van der Waals surface area contributed by atoms with Crippen LogP contribution in [0.2, 0.25) is 0 Å². The summed E-state index contributed by atoms with van der Waals surface area (Å²) in [5, 5.41) is 14.0. The summed E-state index contributed by atoms with van der Waals surface area (Å²) in [4.78, 5) is 0. The van der Waals surface area contributed by atoms with E-state index in [1.807, 2.05) is 0 Å². The standard InChI is InChI=1S/C79H130N2.2CH4O.Ni/c1-5-9-13-15-17-19-21-23-25-27-29-31-33-35-37-39-41-43-45-47-49-51-53-55-57-59-65-73-67-61-63-71-75(73)79-77(69-12-8-4)76(68-11-7-3)78(81(79)80)74-70-62-60-66-72(74)64-58-56-54-52-50-48-46-44-42-40-38-36-34-32-30-28-26-24-22-20-18-16-14-10-6-2;2*1-2;/h60-63,66-67,70-71H,5-53,58-59,64-65,68-69H2,1-4H3;2*2H,1H3;. The Morgan fingerprint density at radius 1 is 0.279 bits per heavy atom. The number of hydrogen-bond donors (Lipinski definition) is 2. The molecule has 86 heavy (non-hydrogen) atoms. The molecule has 0 aromatic heterocycles. The number of allylic oxidation sites excluding steroid dienone is 2. The van der Waals surface area contributed by atoms with Gasteiger partial charge in [0.25, 0.3) is 0 Å². The van der Waals surface area contributed by atoms with E-state index in [1.54, 1.807) is 4.70 Å². The molecule has 2 aromatic carbocycles. The molecule has 0 fully saturated rings. The molecule has 4 nitrogen and oxygen atoms in total. The van der Waals surface area contributed by atoms with E-state index in [-0.39, 0.29) is 16.5 Å². The van der Waals surface area contributed by atoms with Crippen LogP contribution in [-0.4, -0.2) is 29.1 Å². The number of benzene rings is 2. The first kappa shape index (κ1) is 83.1. The summed E-state index contributed by atoms with van der Waals surface area (Å²) in [7, 11) is 2.00. The molecular formula is C81H138N2NiO2. The van der Waals surface area contributed by atoms with Gasteiger partial charge in [-0.3, -0.25) is 0 Å². The van der Waals surface area contributed by atoms with Gasteiger partial charge >= 0.3 is 0 Å².